The van der Waals surface area contributed by atoms with Crippen LogP contribution in [0.4, 0.5) is 0 Å². The van der Waals surface area contributed by atoms with Gasteiger partial charge in [-0.05, 0) is 40.0 Å². The maximum Gasteiger partial charge on any atom is 0.331 e. The third-order valence-electron chi connectivity index (χ3n) is 5.44. The van der Waals surface area contributed by atoms with Crippen molar-refractivity contribution < 1.29 is 0 Å². The minimum Gasteiger partial charge on any atom is -0.293 e. The molecular weight excluding hydrogens is 392 g/mol. The van der Waals surface area contributed by atoms with Crippen LogP contribution >= 0.6 is 0 Å². The molecule has 158 valence electrons. The van der Waals surface area contributed by atoms with Gasteiger partial charge >= 0.3 is 5.69 Å². The van der Waals surface area contributed by atoms with Crippen molar-refractivity contribution in [1.29, 1.82) is 0 Å². The highest BCUT2D eigenvalue weighted by atomic mass is 16.2. The van der Waals surface area contributed by atoms with Gasteiger partial charge in [0, 0.05) is 24.4 Å². The summed E-state index contributed by atoms with van der Waals surface area (Å²) in [5, 5.41) is 14.3. The predicted octanol–water partition coefficient (Wildman–Crippen LogP) is 2.79. The van der Waals surface area contributed by atoms with Gasteiger partial charge in [-0.3, -0.25) is 13.9 Å². The van der Waals surface area contributed by atoms with E-state index in [1.54, 1.807) is 10.6 Å². The van der Waals surface area contributed by atoms with Crippen molar-refractivity contribution >= 4 is 0 Å². The van der Waals surface area contributed by atoms with E-state index in [2.05, 4.69) is 27.5 Å². The number of aryl methyl sites for hydroxylation is 1. The van der Waals surface area contributed by atoms with Gasteiger partial charge in [0.25, 0.3) is 5.56 Å². The average Bonchev–Trinajstić information content (AvgIpc) is 3.33. The van der Waals surface area contributed by atoms with Crippen LogP contribution in [0.25, 0.3) is 22.5 Å². The Bertz CT molecular complexity index is 1300. The quantitative estimate of drug-likeness (QED) is 0.499. The first kappa shape index (κ1) is 20.5. The van der Waals surface area contributed by atoms with Gasteiger partial charge < -0.3 is 0 Å². The van der Waals surface area contributed by atoms with Crippen molar-refractivity contribution in [2.45, 2.75) is 32.7 Å². The Morgan fingerprint density at radius 2 is 1.68 bits per heavy atom. The highest BCUT2D eigenvalue weighted by Gasteiger charge is 2.15. The number of H-pyrrole nitrogens is 1. The fourth-order valence-corrected chi connectivity index (χ4v) is 3.74. The molecule has 4 rings (SSSR count). The van der Waals surface area contributed by atoms with Crippen LogP contribution < -0.4 is 11.2 Å². The summed E-state index contributed by atoms with van der Waals surface area (Å²) in [7, 11) is 1.52. The lowest BCUT2D eigenvalue weighted by Gasteiger charge is -2.17. The number of aromatic nitrogens is 6. The molecule has 0 unspecified atom stereocenters. The molecule has 0 amide bonds. The van der Waals surface area contributed by atoms with E-state index < -0.39 is 0 Å². The molecule has 0 fully saturated rings. The second kappa shape index (κ2) is 8.91. The molecule has 31 heavy (non-hydrogen) atoms. The van der Waals surface area contributed by atoms with Gasteiger partial charge in [-0.1, -0.05) is 61.9 Å². The molecule has 0 spiro atoms. The third-order valence-corrected chi connectivity index (χ3v) is 5.44. The molecule has 0 saturated carbocycles. The molecule has 0 aliphatic rings. The van der Waals surface area contributed by atoms with Gasteiger partial charge in [0.15, 0.2) is 5.82 Å². The van der Waals surface area contributed by atoms with Crippen LogP contribution in [0.1, 0.15) is 31.0 Å². The largest absolute Gasteiger partial charge is 0.331 e. The summed E-state index contributed by atoms with van der Waals surface area (Å²) in [4.78, 5) is 25.2. The van der Waals surface area contributed by atoms with E-state index in [4.69, 9.17) is 0 Å². The molecule has 0 aliphatic carbocycles. The predicted molar refractivity (Wildman–Crippen MR) is 119 cm³/mol. The summed E-state index contributed by atoms with van der Waals surface area (Å²) in [6.45, 7) is 2.46. The molecule has 4 aromatic rings. The van der Waals surface area contributed by atoms with E-state index in [0.29, 0.717) is 18.8 Å². The van der Waals surface area contributed by atoms with E-state index in [1.807, 2.05) is 48.5 Å². The van der Waals surface area contributed by atoms with Crippen LogP contribution in [0, 0.1) is 0 Å². The molecule has 8 heteroatoms. The maximum atomic E-state index is 13.0. The zero-order valence-electron chi connectivity index (χ0n) is 17.6. The molecule has 0 bridgehead atoms. The summed E-state index contributed by atoms with van der Waals surface area (Å²) >= 11 is 0. The Kier molecular flexibility index (Phi) is 5.88. The lowest BCUT2D eigenvalue weighted by molar-refractivity contribution is 0.598. The van der Waals surface area contributed by atoms with Crippen LogP contribution in [-0.4, -0.2) is 29.8 Å². The average molecular weight is 416 g/mol. The molecule has 2 aromatic carbocycles. The molecular formula is C23H24N6O2. The van der Waals surface area contributed by atoms with Crippen molar-refractivity contribution in [2.75, 3.05) is 0 Å². The molecule has 1 N–H and O–H groups in total. The van der Waals surface area contributed by atoms with Crippen LogP contribution in [0.5, 0.6) is 0 Å². The minimum atomic E-state index is -0.305. The van der Waals surface area contributed by atoms with Crippen molar-refractivity contribution in [1.82, 2.24) is 29.8 Å². The van der Waals surface area contributed by atoms with Gasteiger partial charge in [0.1, 0.15) is 0 Å². The fraction of sp³-hybridized carbons (Fsp3) is 0.261. The van der Waals surface area contributed by atoms with Crippen LogP contribution in [-0.2, 0) is 20.0 Å². The normalized spacial score (nSPS) is 11.0. The van der Waals surface area contributed by atoms with E-state index >= 15 is 0 Å². The van der Waals surface area contributed by atoms with E-state index in [1.165, 1.54) is 7.05 Å². The SMILES string of the molecule is CCCCc1cc(=O)n(C)c(=O)n1Cc1ccccc1-c1ccccc1-c1nnn[nH]1. The second-order valence-electron chi connectivity index (χ2n) is 7.46. The van der Waals surface area contributed by atoms with Crippen molar-refractivity contribution in [3.05, 3.63) is 86.7 Å². The molecule has 0 saturated heterocycles. The van der Waals surface area contributed by atoms with Gasteiger partial charge in [-0.25, -0.2) is 9.89 Å². The number of tetrazole rings is 1. The lowest BCUT2D eigenvalue weighted by Crippen LogP contribution is -2.39. The summed E-state index contributed by atoms with van der Waals surface area (Å²) in [6, 6.07) is 17.4. The summed E-state index contributed by atoms with van der Waals surface area (Å²) < 4.78 is 2.86. The maximum absolute atomic E-state index is 13.0. The summed E-state index contributed by atoms with van der Waals surface area (Å²) in [6.07, 6.45) is 2.58. The van der Waals surface area contributed by atoms with Gasteiger partial charge in [0.2, 0.25) is 0 Å². The van der Waals surface area contributed by atoms with Crippen LogP contribution in [0.2, 0.25) is 0 Å². The van der Waals surface area contributed by atoms with E-state index in [-0.39, 0.29) is 11.2 Å². The third kappa shape index (κ3) is 4.09. The Labute approximate surface area is 179 Å². The van der Waals surface area contributed by atoms with Crippen LogP contribution in [0.3, 0.4) is 0 Å². The van der Waals surface area contributed by atoms with E-state index in [0.717, 1.165) is 45.4 Å². The minimum absolute atomic E-state index is 0.274. The Balaban J connectivity index is 1.84. The van der Waals surface area contributed by atoms with Crippen molar-refractivity contribution in [3.8, 4) is 22.5 Å². The van der Waals surface area contributed by atoms with E-state index in [9.17, 15) is 9.59 Å². The first-order valence-electron chi connectivity index (χ1n) is 10.3. The second-order valence-corrected chi connectivity index (χ2v) is 7.46. The number of rotatable bonds is 7. The number of benzene rings is 2. The smallest absolute Gasteiger partial charge is 0.293 e. The standard InChI is InChI=1S/C23H24N6O2/c1-3-4-10-17-14-21(30)28(2)23(31)29(17)15-16-9-5-6-11-18(16)19-12-7-8-13-20(19)22-24-26-27-25-22/h5-9,11-14H,3-4,10,15H2,1-2H3,(H,24,25,26,27). The molecule has 2 aromatic heterocycles. The molecule has 0 radical (unpaired) electrons. The lowest BCUT2D eigenvalue weighted by atomic mass is 9.95. The van der Waals surface area contributed by atoms with Crippen LogP contribution in [0.15, 0.2) is 64.2 Å². The molecule has 0 aliphatic heterocycles. The molecule has 0 atom stereocenters. The summed E-state index contributed by atoms with van der Waals surface area (Å²) in [5.74, 6) is 0.577. The monoisotopic (exact) mass is 416 g/mol. The zero-order valence-corrected chi connectivity index (χ0v) is 17.6. The Morgan fingerprint density at radius 3 is 2.39 bits per heavy atom. The number of nitrogens with zero attached hydrogens (tertiary/aromatic N) is 5. The number of hydrogen-bond acceptors (Lipinski definition) is 5. The zero-order chi connectivity index (χ0) is 21.8. The van der Waals surface area contributed by atoms with Crippen molar-refractivity contribution in [3.63, 3.8) is 0 Å². The highest BCUT2D eigenvalue weighted by molar-refractivity contribution is 5.82. The van der Waals surface area contributed by atoms with Crippen molar-refractivity contribution in [2.24, 2.45) is 7.05 Å². The topological polar surface area (TPSA) is 98.5 Å². The Morgan fingerprint density at radius 1 is 0.968 bits per heavy atom. The number of unbranched alkanes of at least 4 members (excludes halogenated alkanes) is 1. The fourth-order valence-electron chi connectivity index (χ4n) is 3.74. The Hall–Kier alpha value is -3.81. The molecule has 2 heterocycles. The number of nitrogens with one attached hydrogen (secondary N) is 1. The number of hydrogen-bond donors (Lipinski definition) is 1. The van der Waals surface area contributed by atoms with Gasteiger partial charge in [0.05, 0.1) is 6.54 Å². The number of aromatic amines is 1. The first-order chi connectivity index (χ1) is 15.1. The first-order valence-corrected chi connectivity index (χ1v) is 10.3. The highest BCUT2D eigenvalue weighted by Crippen LogP contribution is 2.32. The van der Waals surface area contributed by atoms with Gasteiger partial charge in [-0.15, -0.1) is 5.10 Å². The molecule has 8 nitrogen and oxygen atoms in total. The summed E-state index contributed by atoms with van der Waals surface area (Å²) in [5.41, 5.74) is 3.98. The van der Waals surface area contributed by atoms with Gasteiger partial charge in [-0.2, -0.15) is 0 Å².